The molecule has 1 atom stereocenters. The van der Waals surface area contributed by atoms with E-state index in [1.54, 1.807) is 0 Å². The Morgan fingerprint density at radius 1 is 0.429 bits per heavy atom. The van der Waals surface area contributed by atoms with E-state index >= 15 is 0 Å². The molecule has 0 saturated carbocycles. The Hall–Kier alpha value is -7.94. The lowest BCUT2D eigenvalue weighted by Crippen LogP contribution is -2.33. The van der Waals surface area contributed by atoms with Gasteiger partial charge in [-0.05, 0) is 123 Å². The standard InChI is InChI=1S/C61H44N2/c1-5-20-47(21-6-1)61(48-22-7-2-8-23-48)57-30-15-13-28-53(57)55-42-52(37-38-58(55)61)62(49-24-9-3-10-25-49)51-35-32-43(33-36-51)44-18-17-19-45(40-44)46-34-39-60-56(41-46)54-29-14-16-31-59(54)63(60)50-26-11-4-12-27-50/h1-41,52H,42H2. The van der Waals surface area contributed by atoms with Crippen LogP contribution in [0.3, 0.4) is 0 Å². The molecule has 63 heavy (non-hydrogen) atoms. The normalized spacial score (nSPS) is 15.1. The molecule has 0 bridgehead atoms. The van der Waals surface area contributed by atoms with Crippen LogP contribution in [-0.2, 0) is 5.41 Å². The molecule has 0 N–H and O–H groups in total. The van der Waals surface area contributed by atoms with Gasteiger partial charge in [-0.15, -0.1) is 0 Å². The lowest BCUT2D eigenvalue weighted by Gasteiger charge is -2.38. The van der Waals surface area contributed by atoms with Gasteiger partial charge in [0.2, 0.25) is 0 Å². The number of para-hydroxylation sites is 3. The van der Waals surface area contributed by atoms with E-state index in [0.29, 0.717) is 0 Å². The number of hydrogen-bond acceptors (Lipinski definition) is 1. The van der Waals surface area contributed by atoms with Gasteiger partial charge in [0.15, 0.2) is 0 Å². The Kier molecular flexibility index (Phi) is 8.90. The van der Waals surface area contributed by atoms with Gasteiger partial charge in [-0.3, -0.25) is 0 Å². The molecule has 0 spiro atoms. The third kappa shape index (κ3) is 6.02. The van der Waals surface area contributed by atoms with Gasteiger partial charge in [0.05, 0.1) is 22.5 Å². The van der Waals surface area contributed by atoms with Crippen LogP contribution < -0.4 is 4.90 Å². The van der Waals surface area contributed by atoms with E-state index in [0.717, 1.165) is 6.42 Å². The molecule has 1 aromatic heterocycles. The number of allylic oxidation sites excluding steroid dienone is 2. The first-order valence-corrected chi connectivity index (χ1v) is 22.0. The van der Waals surface area contributed by atoms with Crippen molar-refractivity contribution in [3.05, 3.63) is 277 Å². The lowest BCUT2D eigenvalue weighted by atomic mass is 9.66. The van der Waals surface area contributed by atoms with E-state index in [1.807, 2.05) is 0 Å². The molecule has 12 rings (SSSR count). The van der Waals surface area contributed by atoms with E-state index in [9.17, 15) is 0 Å². The average Bonchev–Trinajstić information content (AvgIpc) is 3.86. The zero-order valence-electron chi connectivity index (χ0n) is 34.9. The minimum atomic E-state index is -0.392. The van der Waals surface area contributed by atoms with Gasteiger partial charge in [0.25, 0.3) is 0 Å². The van der Waals surface area contributed by atoms with Crippen LogP contribution in [-0.4, -0.2) is 10.6 Å². The Labute approximate surface area is 369 Å². The van der Waals surface area contributed by atoms with Gasteiger partial charge in [-0.2, -0.15) is 0 Å². The smallest absolute Gasteiger partial charge is 0.0710 e. The van der Waals surface area contributed by atoms with Gasteiger partial charge in [0, 0.05) is 27.8 Å². The zero-order valence-corrected chi connectivity index (χ0v) is 34.9. The molecule has 0 saturated heterocycles. The van der Waals surface area contributed by atoms with Crippen LogP contribution in [0.4, 0.5) is 11.4 Å². The van der Waals surface area contributed by atoms with Crippen molar-refractivity contribution in [2.45, 2.75) is 17.9 Å². The summed E-state index contributed by atoms with van der Waals surface area (Å²) in [5, 5.41) is 2.52. The zero-order chi connectivity index (χ0) is 41.7. The van der Waals surface area contributed by atoms with Crippen molar-refractivity contribution in [1.82, 2.24) is 4.57 Å². The third-order valence-electron chi connectivity index (χ3n) is 13.4. The second-order valence-corrected chi connectivity index (χ2v) is 16.8. The monoisotopic (exact) mass is 804 g/mol. The Balaban J connectivity index is 0.900. The molecule has 298 valence electrons. The largest absolute Gasteiger partial charge is 0.334 e. The maximum atomic E-state index is 2.52. The highest BCUT2D eigenvalue weighted by molar-refractivity contribution is 6.10. The van der Waals surface area contributed by atoms with Gasteiger partial charge >= 0.3 is 0 Å². The van der Waals surface area contributed by atoms with Gasteiger partial charge in [-0.25, -0.2) is 0 Å². The number of fused-ring (bicyclic) bond motifs is 5. The van der Waals surface area contributed by atoms with Crippen LogP contribution in [0.5, 0.6) is 0 Å². The number of aromatic nitrogens is 1. The van der Waals surface area contributed by atoms with E-state index in [1.165, 1.54) is 94.5 Å². The molecular weight excluding hydrogens is 761 g/mol. The van der Waals surface area contributed by atoms with Crippen molar-refractivity contribution in [3.63, 3.8) is 0 Å². The fourth-order valence-electron chi connectivity index (χ4n) is 10.7. The molecule has 2 nitrogen and oxygen atoms in total. The van der Waals surface area contributed by atoms with Gasteiger partial charge < -0.3 is 9.47 Å². The first-order chi connectivity index (χ1) is 31.3. The highest BCUT2D eigenvalue weighted by atomic mass is 15.2. The van der Waals surface area contributed by atoms with Crippen LogP contribution in [0, 0.1) is 0 Å². The number of nitrogens with zero attached hydrogens (tertiary/aromatic N) is 2. The van der Waals surface area contributed by atoms with E-state index < -0.39 is 5.41 Å². The van der Waals surface area contributed by atoms with Crippen molar-refractivity contribution < 1.29 is 0 Å². The molecule has 9 aromatic carbocycles. The highest BCUT2D eigenvalue weighted by Crippen LogP contribution is 2.57. The number of anilines is 2. The third-order valence-corrected chi connectivity index (χ3v) is 13.4. The first-order valence-electron chi connectivity index (χ1n) is 22.0. The predicted molar refractivity (Wildman–Crippen MR) is 264 cm³/mol. The van der Waals surface area contributed by atoms with E-state index in [-0.39, 0.29) is 6.04 Å². The predicted octanol–water partition coefficient (Wildman–Crippen LogP) is 15.4. The second-order valence-electron chi connectivity index (χ2n) is 16.8. The first kappa shape index (κ1) is 36.9. The minimum absolute atomic E-state index is 0.110. The molecule has 2 heteroatoms. The van der Waals surface area contributed by atoms with Crippen LogP contribution >= 0.6 is 0 Å². The molecule has 1 unspecified atom stereocenters. The van der Waals surface area contributed by atoms with E-state index in [4.69, 9.17) is 0 Å². The summed E-state index contributed by atoms with van der Waals surface area (Å²) in [7, 11) is 0. The molecule has 0 amide bonds. The Morgan fingerprint density at radius 2 is 0.984 bits per heavy atom. The fraction of sp³-hybridized carbons (Fsp3) is 0.0492. The van der Waals surface area contributed by atoms with Crippen molar-refractivity contribution in [2.24, 2.45) is 0 Å². The topological polar surface area (TPSA) is 8.17 Å². The maximum absolute atomic E-state index is 2.52. The molecule has 0 aliphatic heterocycles. The van der Waals surface area contributed by atoms with Crippen LogP contribution in [0.25, 0.3) is 55.3 Å². The van der Waals surface area contributed by atoms with Crippen LogP contribution in [0.15, 0.2) is 254 Å². The average molecular weight is 805 g/mol. The number of rotatable bonds is 8. The van der Waals surface area contributed by atoms with Crippen molar-refractivity contribution in [2.75, 3.05) is 4.90 Å². The fourth-order valence-corrected chi connectivity index (χ4v) is 10.7. The Morgan fingerprint density at radius 3 is 1.71 bits per heavy atom. The molecule has 2 aliphatic rings. The summed E-state index contributed by atoms with van der Waals surface area (Å²) in [5.74, 6) is 0. The summed E-state index contributed by atoms with van der Waals surface area (Å²) < 4.78 is 2.37. The second kappa shape index (κ2) is 15.2. The Bertz CT molecular complexity index is 3300. The summed E-state index contributed by atoms with van der Waals surface area (Å²) in [4.78, 5) is 2.52. The highest BCUT2D eigenvalue weighted by Gasteiger charge is 2.48. The van der Waals surface area contributed by atoms with Crippen molar-refractivity contribution >= 4 is 38.8 Å². The summed E-state index contributed by atoms with van der Waals surface area (Å²) in [5.41, 5.74) is 18.5. The van der Waals surface area contributed by atoms with Gasteiger partial charge in [-0.1, -0.05) is 188 Å². The van der Waals surface area contributed by atoms with Crippen LogP contribution in [0.1, 0.15) is 28.7 Å². The summed E-state index contributed by atoms with van der Waals surface area (Å²) in [6, 6.07) is 86.8. The SMILES string of the molecule is C1=CC(N(c2ccccc2)c2ccc(-c3cccc(-c4ccc5c(c4)c4ccccc4n5-c4ccccc4)c3)cc2)CC2=C1C(c1ccccc1)(c1ccccc1)c1ccccc12. The molecule has 10 aromatic rings. The summed E-state index contributed by atoms with van der Waals surface area (Å²) >= 11 is 0. The van der Waals surface area contributed by atoms with E-state index in [2.05, 4.69) is 258 Å². The molecule has 1 heterocycles. The lowest BCUT2D eigenvalue weighted by molar-refractivity contribution is 0.740. The quantitative estimate of drug-likeness (QED) is 0.149. The summed E-state index contributed by atoms with van der Waals surface area (Å²) in [6.07, 6.45) is 5.77. The van der Waals surface area contributed by atoms with Crippen molar-refractivity contribution in [1.29, 1.82) is 0 Å². The summed E-state index contributed by atoms with van der Waals surface area (Å²) in [6.45, 7) is 0. The van der Waals surface area contributed by atoms with Crippen molar-refractivity contribution in [3.8, 4) is 27.9 Å². The molecule has 0 radical (unpaired) electrons. The maximum Gasteiger partial charge on any atom is 0.0710 e. The molecule has 2 aliphatic carbocycles. The number of benzene rings is 9. The molecular formula is C61H44N2. The minimum Gasteiger partial charge on any atom is -0.334 e. The number of hydrogen-bond donors (Lipinski definition) is 0. The van der Waals surface area contributed by atoms with Crippen LogP contribution in [0.2, 0.25) is 0 Å². The van der Waals surface area contributed by atoms with Gasteiger partial charge in [0.1, 0.15) is 0 Å². The molecule has 0 fully saturated rings.